The average Bonchev–Trinajstić information content (AvgIpc) is 2.15. The average molecular weight is 230 g/mol. The molecular weight excluding hydrogens is 221 g/mol. The van der Waals surface area contributed by atoms with E-state index in [1.54, 1.807) is 0 Å². The van der Waals surface area contributed by atoms with Gasteiger partial charge < -0.3 is 5.11 Å². The summed E-state index contributed by atoms with van der Waals surface area (Å²) in [5.74, 6) is -0.723. The first-order valence-corrected chi connectivity index (χ1v) is 4.39. The summed E-state index contributed by atoms with van der Waals surface area (Å²) in [5, 5.41) is 9.34. The second-order valence-corrected chi connectivity index (χ2v) is 3.22. The Balaban J connectivity index is 3.00. The van der Waals surface area contributed by atoms with Gasteiger partial charge in [0.1, 0.15) is 5.76 Å². The molecule has 0 unspecified atom stereocenters. The topological polar surface area (TPSA) is 37.3 Å². The fraction of sp³-hybridized carbons (Fsp3) is 0.182. The highest BCUT2D eigenvalue weighted by atomic mass is 19.4. The lowest BCUT2D eigenvalue weighted by Gasteiger charge is -2.07. The van der Waals surface area contributed by atoms with Crippen molar-refractivity contribution in [1.82, 2.24) is 0 Å². The fourth-order valence-electron chi connectivity index (χ4n) is 1.11. The number of hydrogen-bond acceptors (Lipinski definition) is 2. The van der Waals surface area contributed by atoms with Crippen LogP contribution < -0.4 is 0 Å². The molecule has 0 aliphatic carbocycles. The van der Waals surface area contributed by atoms with E-state index in [1.807, 2.05) is 0 Å². The van der Waals surface area contributed by atoms with E-state index >= 15 is 0 Å². The van der Waals surface area contributed by atoms with Crippen LogP contribution in [-0.4, -0.2) is 10.9 Å². The van der Waals surface area contributed by atoms with Crippen LogP contribution in [0.15, 0.2) is 30.3 Å². The van der Waals surface area contributed by atoms with E-state index in [2.05, 4.69) is 0 Å². The number of aliphatic hydroxyl groups excluding tert-OH is 1. The number of alkyl halides is 3. The Morgan fingerprint density at radius 3 is 2.12 bits per heavy atom. The van der Waals surface area contributed by atoms with Crippen LogP contribution in [-0.2, 0) is 11.0 Å². The number of benzene rings is 1. The Kier molecular flexibility index (Phi) is 3.37. The van der Waals surface area contributed by atoms with Crippen LogP contribution in [0.5, 0.6) is 0 Å². The predicted molar refractivity (Wildman–Crippen MR) is 52.7 cm³/mol. The van der Waals surface area contributed by atoms with Crippen molar-refractivity contribution in [3.8, 4) is 0 Å². The number of hydrogen-bond donors (Lipinski definition) is 1. The summed E-state index contributed by atoms with van der Waals surface area (Å²) >= 11 is 0. The molecule has 86 valence electrons. The van der Waals surface area contributed by atoms with E-state index in [1.165, 1.54) is 6.92 Å². The molecule has 16 heavy (non-hydrogen) atoms. The number of carbonyl (C=O) groups is 1. The van der Waals surface area contributed by atoms with Crippen LogP contribution in [0.2, 0.25) is 0 Å². The zero-order valence-corrected chi connectivity index (χ0v) is 8.38. The molecule has 2 nitrogen and oxygen atoms in total. The second kappa shape index (κ2) is 4.38. The molecule has 0 aromatic heterocycles. The quantitative estimate of drug-likeness (QED) is 0.625. The maximum Gasteiger partial charge on any atom is 0.416 e. The molecule has 0 spiro atoms. The Morgan fingerprint density at radius 2 is 1.75 bits per heavy atom. The standard InChI is InChI=1S/C11H9F3O2/c1-7(15)6-10(16)8-2-4-9(5-3-8)11(12,13)14/h2-6,16H,1H3/b10-6-. The normalized spacial score (nSPS) is 12.6. The fourth-order valence-corrected chi connectivity index (χ4v) is 1.11. The van der Waals surface area contributed by atoms with E-state index in [0.717, 1.165) is 30.3 Å². The number of carbonyl (C=O) groups excluding carboxylic acids is 1. The Hall–Kier alpha value is -1.78. The zero-order valence-electron chi connectivity index (χ0n) is 8.38. The Labute approximate surface area is 90.0 Å². The molecule has 1 N–H and O–H groups in total. The van der Waals surface area contributed by atoms with Gasteiger partial charge in [0, 0.05) is 11.6 Å². The first kappa shape index (κ1) is 12.3. The molecule has 5 heteroatoms. The van der Waals surface area contributed by atoms with Gasteiger partial charge in [0.25, 0.3) is 0 Å². The van der Waals surface area contributed by atoms with Crippen molar-refractivity contribution in [3.63, 3.8) is 0 Å². The van der Waals surface area contributed by atoms with Crippen LogP contribution in [0.4, 0.5) is 13.2 Å². The number of aliphatic hydroxyl groups is 1. The van der Waals surface area contributed by atoms with E-state index < -0.39 is 11.7 Å². The van der Waals surface area contributed by atoms with Gasteiger partial charge in [0.15, 0.2) is 5.78 Å². The van der Waals surface area contributed by atoms with Crippen molar-refractivity contribution in [1.29, 1.82) is 0 Å². The summed E-state index contributed by atoms with van der Waals surface area (Å²) in [7, 11) is 0. The maximum atomic E-state index is 12.2. The first-order valence-electron chi connectivity index (χ1n) is 4.39. The van der Waals surface area contributed by atoms with Gasteiger partial charge in [-0.1, -0.05) is 12.1 Å². The molecule has 0 saturated carbocycles. The third-order valence-corrected chi connectivity index (χ3v) is 1.85. The summed E-state index contributed by atoms with van der Waals surface area (Å²) in [4.78, 5) is 10.6. The highest BCUT2D eigenvalue weighted by molar-refractivity contribution is 5.93. The van der Waals surface area contributed by atoms with Crippen LogP contribution >= 0.6 is 0 Å². The van der Waals surface area contributed by atoms with Gasteiger partial charge in [-0.3, -0.25) is 4.79 Å². The summed E-state index contributed by atoms with van der Waals surface area (Å²) < 4.78 is 36.6. The summed E-state index contributed by atoms with van der Waals surface area (Å²) in [6, 6.07) is 3.91. The predicted octanol–water partition coefficient (Wildman–Crippen LogP) is 3.19. The lowest BCUT2D eigenvalue weighted by atomic mass is 10.1. The molecule has 0 saturated heterocycles. The number of halogens is 3. The molecular formula is C11H9F3O2. The Morgan fingerprint density at radius 1 is 1.25 bits per heavy atom. The van der Waals surface area contributed by atoms with Gasteiger partial charge in [0.2, 0.25) is 0 Å². The molecule has 0 bridgehead atoms. The Bertz CT molecular complexity index is 416. The molecule has 0 atom stereocenters. The zero-order chi connectivity index (χ0) is 12.3. The van der Waals surface area contributed by atoms with E-state index in [9.17, 15) is 23.1 Å². The summed E-state index contributed by atoms with van der Waals surface area (Å²) in [6.45, 7) is 1.24. The SMILES string of the molecule is CC(=O)/C=C(\O)c1ccc(C(F)(F)F)cc1. The molecule has 0 aliphatic rings. The van der Waals surface area contributed by atoms with Crippen LogP contribution in [0.1, 0.15) is 18.1 Å². The summed E-state index contributed by atoms with van der Waals surface area (Å²) in [5.41, 5.74) is -0.630. The van der Waals surface area contributed by atoms with Gasteiger partial charge in [-0.05, 0) is 19.1 Å². The second-order valence-electron chi connectivity index (χ2n) is 3.22. The van der Waals surface area contributed by atoms with Crippen LogP contribution in [0.3, 0.4) is 0 Å². The van der Waals surface area contributed by atoms with Crippen LogP contribution in [0.25, 0.3) is 5.76 Å². The minimum absolute atomic E-state index is 0.170. The smallest absolute Gasteiger partial charge is 0.416 e. The minimum atomic E-state index is -4.40. The molecule has 0 aliphatic heterocycles. The van der Waals surface area contributed by atoms with Crippen molar-refractivity contribution in [2.45, 2.75) is 13.1 Å². The molecule has 0 fully saturated rings. The van der Waals surface area contributed by atoms with Crippen molar-refractivity contribution >= 4 is 11.5 Å². The van der Waals surface area contributed by atoms with Gasteiger partial charge in [-0.25, -0.2) is 0 Å². The van der Waals surface area contributed by atoms with E-state index in [-0.39, 0.29) is 17.1 Å². The minimum Gasteiger partial charge on any atom is -0.507 e. The first-order chi connectivity index (χ1) is 7.30. The van der Waals surface area contributed by atoms with Crippen molar-refractivity contribution in [2.24, 2.45) is 0 Å². The monoisotopic (exact) mass is 230 g/mol. The van der Waals surface area contributed by atoms with E-state index in [0.29, 0.717) is 0 Å². The number of ketones is 1. The molecule has 1 rings (SSSR count). The highest BCUT2D eigenvalue weighted by Gasteiger charge is 2.29. The molecule has 1 aromatic carbocycles. The van der Waals surface area contributed by atoms with E-state index in [4.69, 9.17) is 0 Å². The summed E-state index contributed by atoms with van der Waals surface area (Å²) in [6.07, 6.45) is -3.46. The van der Waals surface area contributed by atoms with Gasteiger partial charge in [0.05, 0.1) is 5.56 Å². The molecule has 0 heterocycles. The molecule has 0 amide bonds. The third kappa shape index (κ3) is 3.12. The lowest BCUT2D eigenvalue weighted by molar-refractivity contribution is -0.137. The van der Waals surface area contributed by atoms with Gasteiger partial charge in [-0.15, -0.1) is 0 Å². The number of allylic oxidation sites excluding steroid dienone is 1. The number of rotatable bonds is 2. The lowest BCUT2D eigenvalue weighted by Crippen LogP contribution is -2.04. The largest absolute Gasteiger partial charge is 0.507 e. The van der Waals surface area contributed by atoms with Gasteiger partial charge in [-0.2, -0.15) is 13.2 Å². The van der Waals surface area contributed by atoms with Crippen molar-refractivity contribution in [3.05, 3.63) is 41.5 Å². The van der Waals surface area contributed by atoms with Crippen LogP contribution in [0, 0.1) is 0 Å². The molecule has 0 radical (unpaired) electrons. The van der Waals surface area contributed by atoms with Crippen molar-refractivity contribution < 1.29 is 23.1 Å². The van der Waals surface area contributed by atoms with Gasteiger partial charge >= 0.3 is 6.18 Å². The maximum absolute atomic E-state index is 12.2. The molecule has 1 aromatic rings. The van der Waals surface area contributed by atoms with Crippen molar-refractivity contribution in [2.75, 3.05) is 0 Å². The highest BCUT2D eigenvalue weighted by Crippen LogP contribution is 2.29. The third-order valence-electron chi connectivity index (χ3n) is 1.85.